The van der Waals surface area contributed by atoms with Crippen LogP contribution in [0.5, 0.6) is 0 Å². The number of fused-ring (bicyclic) bond motifs is 1. The second-order valence-electron chi connectivity index (χ2n) is 7.32. The fourth-order valence-corrected chi connectivity index (χ4v) is 3.30. The third-order valence-electron chi connectivity index (χ3n) is 4.87. The van der Waals surface area contributed by atoms with E-state index in [0.29, 0.717) is 11.4 Å². The number of nitrogens with zero attached hydrogens (tertiary/aromatic N) is 2. The predicted octanol–water partition coefficient (Wildman–Crippen LogP) is 3.23. The van der Waals surface area contributed by atoms with E-state index in [0.717, 1.165) is 11.1 Å². The number of hydrogen-bond donors (Lipinski definition) is 1. The van der Waals surface area contributed by atoms with Crippen molar-refractivity contribution in [1.82, 2.24) is 4.90 Å². The van der Waals surface area contributed by atoms with Crippen LogP contribution in [0.3, 0.4) is 0 Å². The zero-order valence-corrected chi connectivity index (χ0v) is 16.9. The van der Waals surface area contributed by atoms with E-state index in [2.05, 4.69) is 5.32 Å². The Balaban J connectivity index is 1.72. The topological polar surface area (TPSA) is 69.7 Å². The van der Waals surface area contributed by atoms with Crippen LogP contribution >= 0.6 is 0 Å². The van der Waals surface area contributed by atoms with Gasteiger partial charge in [-0.3, -0.25) is 14.4 Å². The van der Waals surface area contributed by atoms with E-state index in [-0.39, 0.29) is 36.7 Å². The van der Waals surface area contributed by atoms with E-state index in [1.165, 1.54) is 11.0 Å². The van der Waals surface area contributed by atoms with Gasteiger partial charge in [-0.05, 0) is 37.6 Å². The molecule has 2 aromatic rings. The summed E-state index contributed by atoms with van der Waals surface area (Å²) in [6, 6.07) is 14.7. The smallest absolute Gasteiger partial charge is 0.246 e. The Morgan fingerprint density at radius 2 is 1.86 bits per heavy atom. The van der Waals surface area contributed by atoms with Gasteiger partial charge >= 0.3 is 0 Å². The number of aryl methyl sites for hydroxylation is 1. The molecule has 1 aliphatic heterocycles. The summed E-state index contributed by atoms with van der Waals surface area (Å²) in [6.07, 6.45) is 3.39. The Hall–Kier alpha value is -3.41. The molecule has 2 aromatic carbocycles. The number of benzene rings is 2. The first kappa shape index (κ1) is 20.3. The molecule has 150 valence electrons. The average Bonchev–Trinajstić information content (AvgIpc) is 2.81. The second-order valence-corrected chi connectivity index (χ2v) is 7.32. The first-order valence-electron chi connectivity index (χ1n) is 9.56. The van der Waals surface area contributed by atoms with Crippen molar-refractivity contribution in [3.8, 4) is 0 Å². The van der Waals surface area contributed by atoms with E-state index in [1.807, 2.05) is 50.2 Å². The van der Waals surface area contributed by atoms with E-state index in [4.69, 9.17) is 0 Å². The quantitative estimate of drug-likeness (QED) is 0.814. The maximum absolute atomic E-state index is 13.0. The summed E-state index contributed by atoms with van der Waals surface area (Å²) in [7, 11) is 1.59. The van der Waals surface area contributed by atoms with Crippen molar-refractivity contribution in [2.24, 2.45) is 0 Å². The van der Waals surface area contributed by atoms with Gasteiger partial charge < -0.3 is 15.1 Å². The number of para-hydroxylation sites is 2. The molecule has 0 radical (unpaired) electrons. The molecule has 0 fully saturated rings. The lowest BCUT2D eigenvalue weighted by Gasteiger charge is -2.29. The molecule has 0 spiro atoms. The maximum Gasteiger partial charge on any atom is 0.246 e. The number of likely N-dealkylation sites (N-methyl/N-ethyl adjacent to an activating group) is 1. The highest BCUT2D eigenvalue weighted by molar-refractivity contribution is 6.06. The van der Waals surface area contributed by atoms with Gasteiger partial charge in [-0.2, -0.15) is 0 Å². The van der Waals surface area contributed by atoms with Crippen LogP contribution in [0, 0.1) is 6.92 Å². The van der Waals surface area contributed by atoms with Gasteiger partial charge in [-0.25, -0.2) is 0 Å². The van der Waals surface area contributed by atoms with E-state index in [1.54, 1.807) is 30.2 Å². The molecular formula is C23H25N3O3. The maximum atomic E-state index is 13.0. The van der Waals surface area contributed by atoms with Gasteiger partial charge in [0.2, 0.25) is 17.7 Å². The van der Waals surface area contributed by atoms with Crippen LogP contribution in [0.1, 0.15) is 24.5 Å². The monoisotopic (exact) mass is 391 g/mol. The summed E-state index contributed by atoms with van der Waals surface area (Å²) in [6.45, 7) is 3.76. The molecule has 6 heteroatoms. The average molecular weight is 391 g/mol. The summed E-state index contributed by atoms with van der Waals surface area (Å²) in [5.41, 5.74) is 3.31. The van der Waals surface area contributed by atoms with Gasteiger partial charge in [0, 0.05) is 25.6 Å². The summed E-state index contributed by atoms with van der Waals surface area (Å²) < 4.78 is 0. The van der Waals surface area contributed by atoms with Crippen LogP contribution in [0.4, 0.5) is 11.4 Å². The molecule has 3 amide bonds. The standard InChI is InChI=1S/C23H25N3O3/c1-16-8-10-18(11-9-16)12-13-22(28)25(3)15-23(29)26-17(2)14-21(27)24-19-6-4-5-7-20(19)26/h4-13,17H,14-15H2,1-3H3,(H,24,27). The van der Waals surface area contributed by atoms with Gasteiger partial charge in [0.25, 0.3) is 0 Å². The molecule has 0 aliphatic carbocycles. The number of carbonyl (C=O) groups is 3. The molecule has 0 bridgehead atoms. The molecular weight excluding hydrogens is 366 g/mol. The molecule has 1 atom stereocenters. The first-order valence-corrected chi connectivity index (χ1v) is 9.56. The zero-order chi connectivity index (χ0) is 21.0. The molecule has 6 nitrogen and oxygen atoms in total. The van der Waals surface area contributed by atoms with Crippen LogP contribution in [-0.4, -0.2) is 42.3 Å². The van der Waals surface area contributed by atoms with Gasteiger partial charge in [0.1, 0.15) is 6.54 Å². The summed E-state index contributed by atoms with van der Waals surface area (Å²) in [5.74, 6) is -0.629. The van der Waals surface area contributed by atoms with Crippen molar-refractivity contribution in [2.75, 3.05) is 23.8 Å². The summed E-state index contributed by atoms with van der Waals surface area (Å²) in [5, 5.41) is 2.83. The highest BCUT2D eigenvalue weighted by Crippen LogP contribution is 2.31. The predicted molar refractivity (Wildman–Crippen MR) is 114 cm³/mol. The molecule has 0 saturated carbocycles. The number of nitrogens with one attached hydrogen (secondary N) is 1. The Kier molecular flexibility index (Phi) is 6.12. The van der Waals surface area contributed by atoms with Gasteiger partial charge in [-0.1, -0.05) is 42.0 Å². The van der Waals surface area contributed by atoms with Gasteiger partial charge in [0.15, 0.2) is 0 Å². The molecule has 1 unspecified atom stereocenters. The molecule has 0 saturated heterocycles. The van der Waals surface area contributed by atoms with Crippen molar-refractivity contribution in [1.29, 1.82) is 0 Å². The van der Waals surface area contributed by atoms with Crippen molar-refractivity contribution in [2.45, 2.75) is 26.3 Å². The number of anilines is 2. The van der Waals surface area contributed by atoms with E-state index < -0.39 is 0 Å². The molecule has 29 heavy (non-hydrogen) atoms. The van der Waals surface area contributed by atoms with Crippen LogP contribution in [0.2, 0.25) is 0 Å². The minimum atomic E-state index is -0.308. The molecule has 3 rings (SSSR count). The van der Waals surface area contributed by atoms with Gasteiger partial charge in [-0.15, -0.1) is 0 Å². The Morgan fingerprint density at radius 1 is 1.17 bits per heavy atom. The second kappa shape index (κ2) is 8.73. The number of carbonyl (C=O) groups excluding carboxylic acids is 3. The fourth-order valence-electron chi connectivity index (χ4n) is 3.30. The highest BCUT2D eigenvalue weighted by Gasteiger charge is 2.30. The minimum absolute atomic E-state index is 0.0794. The molecule has 1 heterocycles. The SMILES string of the molecule is Cc1ccc(C=CC(=O)N(C)CC(=O)N2c3ccccc3NC(=O)CC2C)cc1. The van der Waals surface area contributed by atoms with Crippen molar-refractivity contribution in [3.05, 3.63) is 65.7 Å². The Labute approximate surface area is 170 Å². The van der Waals surface area contributed by atoms with Crippen LogP contribution < -0.4 is 10.2 Å². The lowest BCUT2D eigenvalue weighted by Crippen LogP contribution is -2.45. The Morgan fingerprint density at radius 3 is 2.59 bits per heavy atom. The molecule has 0 aromatic heterocycles. The lowest BCUT2D eigenvalue weighted by molar-refractivity contribution is -0.130. The number of amides is 3. The Bertz CT molecular complexity index is 950. The highest BCUT2D eigenvalue weighted by atomic mass is 16.2. The zero-order valence-electron chi connectivity index (χ0n) is 16.9. The van der Waals surface area contributed by atoms with Crippen molar-refractivity contribution >= 4 is 35.2 Å². The minimum Gasteiger partial charge on any atom is -0.333 e. The fraction of sp³-hybridized carbons (Fsp3) is 0.261. The lowest BCUT2D eigenvalue weighted by atomic mass is 10.1. The largest absolute Gasteiger partial charge is 0.333 e. The third-order valence-corrected chi connectivity index (χ3v) is 4.87. The van der Waals surface area contributed by atoms with E-state index >= 15 is 0 Å². The first-order chi connectivity index (χ1) is 13.8. The summed E-state index contributed by atoms with van der Waals surface area (Å²) >= 11 is 0. The van der Waals surface area contributed by atoms with Gasteiger partial charge in [0.05, 0.1) is 11.4 Å². The normalized spacial score (nSPS) is 16.2. The number of rotatable bonds is 4. The van der Waals surface area contributed by atoms with Crippen molar-refractivity contribution < 1.29 is 14.4 Å². The number of hydrogen-bond acceptors (Lipinski definition) is 3. The van der Waals surface area contributed by atoms with Crippen LogP contribution in [-0.2, 0) is 14.4 Å². The molecule has 1 N–H and O–H groups in total. The van der Waals surface area contributed by atoms with Crippen LogP contribution in [0.25, 0.3) is 6.08 Å². The third kappa shape index (κ3) is 4.90. The summed E-state index contributed by atoms with van der Waals surface area (Å²) in [4.78, 5) is 40.5. The molecule has 1 aliphatic rings. The van der Waals surface area contributed by atoms with Crippen LogP contribution in [0.15, 0.2) is 54.6 Å². The van der Waals surface area contributed by atoms with E-state index in [9.17, 15) is 14.4 Å². The van der Waals surface area contributed by atoms with Crippen molar-refractivity contribution in [3.63, 3.8) is 0 Å².